The highest BCUT2D eigenvalue weighted by molar-refractivity contribution is 14.0. The number of aromatic nitrogens is 1. The molecular formula is C19H32IN5O2. The van der Waals surface area contributed by atoms with Gasteiger partial charge in [0.05, 0.1) is 13.2 Å². The molecule has 0 saturated carbocycles. The number of piperazine rings is 1. The largest absolute Gasteiger partial charge is 0.381 e. The maximum absolute atomic E-state index is 5.75. The zero-order valence-electron chi connectivity index (χ0n) is 16.2. The van der Waals surface area contributed by atoms with Crippen LogP contribution in [0.2, 0.25) is 0 Å². The number of pyridine rings is 1. The van der Waals surface area contributed by atoms with Crippen molar-refractivity contribution in [3.05, 3.63) is 24.4 Å². The zero-order chi connectivity index (χ0) is 18.0. The molecule has 0 aromatic carbocycles. The molecule has 1 unspecified atom stereocenters. The molecule has 27 heavy (non-hydrogen) atoms. The Morgan fingerprint density at radius 3 is 2.85 bits per heavy atom. The van der Waals surface area contributed by atoms with E-state index in [1.165, 1.54) is 0 Å². The number of hydrogen-bond donors (Lipinski definition) is 1. The predicted octanol–water partition coefficient (Wildman–Crippen LogP) is 1.84. The Hall–Kier alpha value is -1.13. The van der Waals surface area contributed by atoms with Gasteiger partial charge in [0.15, 0.2) is 5.96 Å². The van der Waals surface area contributed by atoms with E-state index in [9.17, 15) is 0 Å². The lowest BCUT2D eigenvalue weighted by Crippen LogP contribution is -2.52. The van der Waals surface area contributed by atoms with Crippen LogP contribution in [-0.4, -0.2) is 82.0 Å². The summed E-state index contributed by atoms with van der Waals surface area (Å²) in [6.07, 6.45) is 3.97. The van der Waals surface area contributed by atoms with Gasteiger partial charge in [-0.3, -0.25) is 4.99 Å². The summed E-state index contributed by atoms with van der Waals surface area (Å²) in [5.41, 5.74) is 0. The summed E-state index contributed by atoms with van der Waals surface area (Å²) in [5, 5.41) is 3.46. The van der Waals surface area contributed by atoms with Gasteiger partial charge in [-0.25, -0.2) is 4.98 Å². The highest BCUT2D eigenvalue weighted by Crippen LogP contribution is 2.13. The Labute approximate surface area is 179 Å². The molecule has 3 heterocycles. The zero-order valence-corrected chi connectivity index (χ0v) is 18.5. The second-order valence-electron chi connectivity index (χ2n) is 6.79. The minimum absolute atomic E-state index is 0. The van der Waals surface area contributed by atoms with Gasteiger partial charge >= 0.3 is 0 Å². The van der Waals surface area contributed by atoms with Crippen LogP contribution < -0.4 is 10.2 Å². The van der Waals surface area contributed by atoms with Crippen molar-refractivity contribution in [1.29, 1.82) is 0 Å². The third kappa shape index (κ3) is 7.08. The highest BCUT2D eigenvalue weighted by Gasteiger charge is 2.20. The predicted molar refractivity (Wildman–Crippen MR) is 119 cm³/mol. The molecule has 3 rings (SSSR count). The summed E-state index contributed by atoms with van der Waals surface area (Å²) in [6.45, 7) is 8.07. The van der Waals surface area contributed by atoms with Crippen LogP contribution in [0.5, 0.6) is 0 Å². The fourth-order valence-corrected chi connectivity index (χ4v) is 3.36. The van der Waals surface area contributed by atoms with E-state index in [1.807, 2.05) is 25.4 Å². The summed E-state index contributed by atoms with van der Waals surface area (Å²) >= 11 is 0. The van der Waals surface area contributed by atoms with Crippen LogP contribution in [-0.2, 0) is 9.47 Å². The Bertz CT molecular complexity index is 546. The molecule has 2 aliphatic rings. The van der Waals surface area contributed by atoms with Gasteiger partial charge in [0.1, 0.15) is 5.82 Å². The maximum Gasteiger partial charge on any atom is 0.193 e. The molecule has 0 spiro atoms. The van der Waals surface area contributed by atoms with Crippen molar-refractivity contribution in [3.63, 3.8) is 0 Å². The number of aliphatic imine (C=N–C) groups is 1. The van der Waals surface area contributed by atoms with E-state index in [4.69, 9.17) is 9.47 Å². The van der Waals surface area contributed by atoms with Gasteiger partial charge in [0.25, 0.3) is 0 Å². The van der Waals surface area contributed by atoms with Crippen molar-refractivity contribution in [2.45, 2.75) is 12.8 Å². The van der Waals surface area contributed by atoms with E-state index in [-0.39, 0.29) is 24.0 Å². The molecule has 2 saturated heterocycles. The molecule has 0 radical (unpaired) electrons. The van der Waals surface area contributed by atoms with Crippen LogP contribution in [0.1, 0.15) is 12.8 Å². The summed E-state index contributed by atoms with van der Waals surface area (Å²) in [5.74, 6) is 2.63. The van der Waals surface area contributed by atoms with Crippen LogP contribution in [0.4, 0.5) is 5.82 Å². The summed E-state index contributed by atoms with van der Waals surface area (Å²) in [6, 6.07) is 6.06. The van der Waals surface area contributed by atoms with Gasteiger partial charge in [-0.15, -0.1) is 24.0 Å². The van der Waals surface area contributed by atoms with Gasteiger partial charge in [0.2, 0.25) is 0 Å². The Balaban J connectivity index is 0.00000261. The lowest BCUT2D eigenvalue weighted by atomic mass is 10.1. The van der Waals surface area contributed by atoms with Crippen molar-refractivity contribution < 1.29 is 9.47 Å². The third-order valence-electron chi connectivity index (χ3n) is 4.89. The van der Waals surface area contributed by atoms with Gasteiger partial charge < -0.3 is 24.6 Å². The van der Waals surface area contributed by atoms with Crippen molar-refractivity contribution in [1.82, 2.24) is 15.2 Å². The number of ether oxygens (including phenoxy) is 2. The normalized spacial score (nSPS) is 20.5. The molecule has 8 heteroatoms. The number of rotatable bonds is 7. The lowest BCUT2D eigenvalue weighted by Gasteiger charge is -2.37. The Morgan fingerprint density at radius 1 is 1.33 bits per heavy atom. The van der Waals surface area contributed by atoms with Gasteiger partial charge in [-0.2, -0.15) is 0 Å². The van der Waals surface area contributed by atoms with Crippen molar-refractivity contribution in [2.24, 2.45) is 10.9 Å². The topological polar surface area (TPSA) is 62.2 Å². The third-order valence-corrected chi connectivity index (χ3v) is 4.89. The molecule has 1 aromatic rings. The van der Waals surface area contributed by atoms with Crippen LogP contribution >= 0.6 is 24.0 Å². The van der Waals surface area contributed by atoms with Gasteiger partial charge in [0, 0.05) is 65.1 Å². The molecule has 0 bridgehead atoms. The number of nitrogens with zero attached hydrogens (tertiary/aromatic N) is 4. The number of nitrogens with one attached hydrogen (secondary N) is 1. The average molecular weight is 489 g/mol. The van der Waals surface area contributed by atoms with E-state index in [1.54, 1.807) is 0 Å². The van der Waals surface area contributed by atoms with E-state index < -0.39 is 0 Å². The van der Waals surface area contributed by atoms with Crippen molar-refractivity contribution in [2.75, 3.05) is 71.1 Å². The first kappa shape index (κ1) is 22.2. The first-order chi connectivity index (χ1) is 12.9. The summed E-state index contributed by atoms with van der Waals surface area (Å²) in [4.78, 5) is 13.5. The van der Waals surface area contributed by atoms with Crippen LogP contribution in [0, 0.1) is 5.92 Å². The average Bonchev–Trinajstić information content (AvgIpc) is 3.22. The molecule has 0 amide bonds. The van der Waals surface area contributed by atoms with E-state index in [0.717, 1.165) is 83.8 Å². The molecule has 1 N–H and O–H groups in total. The smallest absolute Gasteiger partial charge is 0.193 e. The second-order valence-corrected chi connectivity index (χ2v) is 6.79. The molecule has 1 aromatic heterocycles. The van der Waals surface area contributed by atoms with Crippen LogP contribution in [0.15, 0.2) is 29.4 Å². The van der Waals surface area contributed by atoms with Crippen molar-refractivity contribution in [3.8, 4) is 0 Å². The fraction of sp³-hybridized carbons (Fsp3) is 0.684. The summed E-state index contributed by atoms with van der Waals surface area (Å²) < 4.78 is 11.1. The minimum Gasteiger partial charge on any atom is -0.381 e. The first-order valence-electron chi connectivity index (χ1n) is 9.64. The standard InChI is InChI=1S/C19H31N5O2.HI/c1-20-19(22-8-4-13-25-15-17-6-14-26-16-17)24-11-9-23(10-12-24)18-5-2-3-7-21-18;/h2-3,5,7,17H,4,6,8-16H2,1H3,(H,20,22);1H. The SMILES string of the molecule is CN=C(NCCCOCC1CCOC1)N1CCN(c2ccccn2)CC1.I. The molecule has 7 nitrogen and oxygen atoms in total. The fourth-order valence-electron chi connectivity index (χ4n) is 3.36. The van der Waals surface area contributed by atoms with Crippen LogP contribution in [0.3, 0.4) is 0 Å². The Morgan fingerprint density at radius 2 is 2.19 bits per heavy atom. The first-order valence-corrected chi connectivity index (χ1v) is 9.64. The minimum atomic E-state index is 0. The monoisotopic (exact) mass is 489 g/mol. The number of halogens is 1. The maximum atomic E-state index is 5.75. The highest BCUT2D eigenvalue weighted by atomic mass is 127. The molecule has 2 fully saturated rings. The lowest BCUT2D eigenvalue weighted by molar-refractivity contribution is 0.0887. The molecule has 2 aliphatic heterocycles. The quantitative estimate of drug-likeness (QED) is 0.273. The van der Waals surface area contributed by atoms with E-state index >= 15 is 0 Å². The van der Waals surface area contributed by atoms with E-state index in [0.29, 0.717) is 5.92 Å². The Kier molecular flexibility index (Phi) is 10.1. The van der Waals surface area contributed by atoms with Crippen molar-refractivity contribution >= 4 is 35.8 Å². The second kappa shape index (κ2) is 12.4. The van der Waals surface area contributed by atoms with Gasteiger partial charge in [-0.05, 0) is 25.0 Å². The molecule has 152 valence electrons. The van der Waals surface area contributed by atoms with E-state index in [2.05, 4.69) is 31.2 Å². The van der Waals surface area contributed by atoms with Crippen LogP contribution in [0.25, 0.3) is 0 Å². The number of anilines is 1. The molecular weight excluding hydrogens is 457 g/mol. The van der Waals surface area contributed by atoms with Gasteiger partial charge in [-0.1, -0.05) is 6.07 Å². The molecule has 1 atom stereocenters. The number of guanidine groups is 1. The summed E-state index contributed by atoms with van der Waals surface area (Å²) in [7, 11) is 1.85. The number of hydrogen-bond acceptors (Lipinski definition) is 5. The molecule has 0 aliphatic carbocycles.